The predicted molar refractivity (Wildman–Crippen MR) is 125 cm³/mol. The number of para-hydroxylation sites is 1. The van der Waals surface area contributed by atoms with Gasteiger partial charge in [0.25, 0.3) is 5.91 Å². The molecule has 3 aromatic carbocycles. The standard InChI is InChI=1S/C27H21N3O/c1-30(18-20-11-6-7-16-28-20)27(31)24-17-26(29-25-15-5-4-13-23(24)25)22-14-8-10-19-9-2-3-12-21(19)22/h2-17H,18H2,1H3. The van der Waals surface area contributed by atoms with E-state index >= 15 is 0 Å². The number of nitrogens with zero attached hydrogens (tertiary/aromatic N) is 3. The number of amides is 1. The maximum absolute atomic E-state index is 13.5. The minimum Gasteiger partial charge on any atom is -0.336 e. The molecule has 0 aliphatic heterocycles. The molecule has 0 atom stereocenters. The fraction of sp³-hybridized carbons (Fsp3) is 0.0741. The SMILES string of the molecule is CN(Cc1ccccn1)C(=O)c1cc(-c2cccc3ccccc23)nc2ccccc12. The molecule has 2 aromatic heterocycles. The highest BCUT2D eigenvalue weighted by molar-refractivity contribution is 6.08. The third-order valence-electron chi connectivity index (χ3n) is 5.48. The summed E-state index contributed by atoms with van der Waals surface area (Å²) in [6, 6.07) is 29.9. The lowest BCUT2D eigenvalue weighted by Gasteiger charge is -2.19. The van der Waals surface area contributed by atoms with E-state index in [1.165, 1.54) is 0 Å². The Balaban J connectivity index is 1.63. The van der Waals surface area contributed by atoms with Crippen molar-refractivity contribution >= 4 is 27.6 Å². The lowest BCUT2D eigenvalue weighted by Crippen LogP contribution is -2.27. The Morgan fingerprint density at radius 1 is 0.839 bits per heavy atom. The molecule has 31 heavy (non-hydrogen) atoms. The second kappa shape index (κ2) is 8.00. The van der Waals surface area contributed by atoms with E-state index in [9.17, 15) is 4.79 Å². The second-order valence-corrected chi connectivity index (χ2v) is 7.58. The number of hydrogen-bond acceptors (Lipinski definition) is 3. The van der Waals surface area contributed by atoms with Crippen LogP contribution in [0.15, 0.2) is 97.2 Å². The van der Waals surface area contributed by atoms with Crippen LogP contribution in [0.4, 0.5) is 0 Å². The van der Waals surface area contributed by atoms with Gasteiger partial charge in [-0.3, -0.25) is 9.78 Å². The minimum absolute atomic E-state index is 0.0502. The molecule has 1 amide bonds. The van der Waals surface area contributed by atoms with Gasteiger partial charge in [-0.2, -0.15) is 0 Å². The van der Waals surface area contributed by atoms with Crippen molar-refractivity contribution in [3.05, 3.63) is 108 Å². The maximum Gasteiger partial charge on any atom is 0.254 e. The topological polar surface area (TPSA) is 46.1 Å². The molecule has 0 spiro atoms. The van der Waals surface area contributed by atoms with Crippen molar-refractivity contribution in [1.82, 2.24) is 14.9 Å². The monoisotopic (exact) mass is 403 g/mol. The molecule has 0 fully saturated rings. The first kappa shape index (κ1) is 18.9. The van der Waals surface area contributed by atoms with Crippen molar-refractivity contribution in [2.45, 2.75) is 6.54 Å². The van der Waals surface area contributed by atoms with Crippen LogP contribution in [0.1, 0.15) is 16.1 Å². The largest absolute Gasteiger partial charge is 0.336 e. The maximum atomic E-state index is 13.5. The van der Waals surface area contributed by atoms with E-state index in [-0.39, 0.29) is 5.91 Å². The average Bonchev–Trinajstić information content (AvgIpc) is 2.83. The summed E-state index contributed by atoms with van der Waals surface area (Å²) < 4.78 is 0. The Bertz CT molecular complexity index is 1390. The summed E-state index contributed by atoms with van der Waals surface area (Å²) in [5.41, 5.74) is 4.12. The van der Waals surface area contributed by atoms with E-state index in [1.54, 1.807) is 11.1 Å². The van der Waals surface area contributed by atoms with E-state index in [2.05, 4.69) is 29.2 Å². The highest BCUT2D eigenvalue weighted by Crippen LogP contribution is 2.31. The number of carbonyl (C=O) groups is 1. The molecule has 0 saturated heterocycles. The summed E-state index contributed by atoms with van der Waals surface area (Å²) in [6.07, 6.45) is 1.74. The number of benzene rings is 3. The summed E-state index contributed by atoms with van der Waals surface area (Å²) in [6.45, 7) is 0.444. The number of rotatable bonds is 4. The second-order valence-electron chi connectivity index (χ2n) is 7.58. The molecule has 0 unspecified atom stereocenters. The summed E-state index contributed by atoms with van der Waals surface area (Å²) in [5, 5.41) is 3.12. The molecule has 4 heteroatoms. The summed E-state index contributed by atoms with van der Waals surface area (Å²) in [4.78, 5) is 24.4. The van der Waals surface area contributed by atoms with Gasteiger partial charge in [0.15, 0.2) is 0 Å². The van der Waals surface area contributed by atoms with Crippen molar-refractivity contribution < 1.29 is 4.79 Å². The first-order valence-corrected chi connectivity index (χ1v) is 10.2. The normalized spacial score (nSPS) is 11.0. The van der Waals surface area contributed by atoms with Crippen LogP contribution in [-0.4, -0.2) is 27.8 Å². The van der Waals surface area contributed by atoms with Crippen LogP contribution in [0.5, 0.6) is 0 Å². The number of fused-ring (bicyclic) bond motifs is 2. The fourth-order valence-electron chi connectivity index (χ4n) is 3.95. The first-order valence-electron chi connectivity index (χ1n) is 10.2. The Kier molecular flexibility index (Phi) is 4.89. The van der Waals surface area contributed by atoms with Crippen LogP contribution in [0, 0.1) is 0 Å². The van der Waals surface area contributed by atoms with Gasteiger partial charge in [-0.15, -0.1) is 0 Å². The van der Waals surface area contributed by atoms with Crippen molar-refractivity contribution in [1.29, 1.82) is 0 Å². The van der Waals surface area contributed by atoms with Gasteiger partial charge in [0, 0.05) is 24.2 Å². The average molecular weight is 403 g/mol. The highest BCUT2D eigenvalue weighted by atomic mass is 16.2. The lowest BCUT2D eigenvalue weighted by molar-refractivity contribution is 0.0785. The van der Waals surface area contributed by atoms with Crippen LogP contribution in [-0.2, 0) is 6.54 Å². The van der Waals surface area contributed by atoms with E-state index in [1.807, 2.05) is 73.8 Å². The molecule has 0 saturated carbocycles. The molecular formula is C27H21N3O. The van der Waals surface area contributed by atoms with Gasteiger partial charge in [0.05, 0.1) is 29.0 Å². The number of carbonyl (C=O) groups excluding carboxylic acids is 1. The lowest BCUT2D eigenvalue weighted by atomic mass is 9.98. The predicted octanol–water partition coefficient (Wildman–Crippen LogP) is 5.72. The van der Waals surface area contributed by atoms with E-state index in [0.717, 1.165) is 38.6 Å². The van der Waals surface area contributed by atoms with Crippen LogP contribution in [0.25, 0.3) is 32.9 Å². The highest BCUT2D eigenvalue weighted by Gasteiger charge is 2.18. The van der Waals surface area contributed by atoms with Gasteiger partial charge in [0.2, 0.25) is 0 Å². The fourth-order valence-corrected chi connectivity index (χ4v) is 3.95. The minimum atomic E-state index is -0.0502. The number of aromatic nitrogens is 2. The summed E-state index contributed by atoms with van der Waals surface area (Å²) >= 11 is 0. The molecular weight excluding hydrogens is 382 g/mol. The molecule has 4 nitrogen and oxygen atoms in total. The summed E-state index contributed by atoms with van der Waals surface area (Å²) in [7, 11) is 1.81. The van der Waals surface area contributed by atoms with Crippen LogP contribution in [0.2, 0.25) is 0 Å². The summed E-state index contributed by atoms with van der Waals surface area (Å²) in [5.74, 6) is -0.0502. The van der Waals surface area contributed by atoms with Crippen molar-refractivity contribution in [2.75, 3.05) is 7.05 Å². The van der Waals surface area contributed by atoms with Crippen molar-refractivity contribution in [3.8, 4) is 11.3 Å². The van der Waals surface area contributed by atoms with Crippen LogP contribution < -0.4 is 0 Å². The Hall–Kier alpha value is -4.05. The quantitative estimate of drug-likeness (QED) is 0.385. The van der Waals surface area contributed by atoms with Gasteiger partial charge >= 0.3 is 0 Å². The van der Waals surface area contributed by atoms with Gasteiger partial charge in [-0.05, 0) is 35.0 Å². The van der Waals surface area contributed by atoms with E-state index in [0.29, 0.717) is 12.1 Å². The zero-order chi connectivity index (χ0) is 21.2. The molecule has 0 N–H and O–H groups in total. The molecule has 2 heterocycles. The Morgan fingerprint density at radius 3 is 2.42 bits per heavy atom. The third-order valence-corrected chi connectivity index (χ3v) is 5.48. The number of hydrogen-bond donors (Lipinski definition) is 0. The van der Waals surface area contributed by atoms with Gasteiger partial charge in [-0.25, -0.2) is 4.98 Å². The van der Waals surface area contributed by atoms with Crippen LogP contribution >= 0.6 is 0 Å². The molecule has 0 aliphatic rings. The van der Waals surface area contributed by atoms with E-state index in [4.69, 9.17) is 4.98 Å². The number of pyridine rings is 2. The molecule has 0 aliphatic carbocycles. The molecule has 5 rings (SSSR count). The molecule has 0 bridgehead atoms. The molecule has 5 aromatic rings. The molecule has 0 radical (unpaired) electrons. The zero-order valence-electron chi connectivity index (χ0n) is 17.2. The van der Waals surface area contributed by atoms with E-state index < -0.39 is 0 Å². The van der Waals surface area contributed by atoms with Crippen LogP contribution in [0.3, 0.4) is 0 Å². The zero-order valence-corrected chi connectivity index (χ0v) is 17.2. The van der Waals surface area contributed by atoms with Crippen molar-refractivity contribution in [3.63, 3.8) is 0 Å². The van der Waals surface area contributed by atoms with Gasteiger partial charge in [0.1, 0.15) is 0 Å². The van der Waals surface area contributed by atoms with Crippen molar-refractivity contribution in [2.24, 2.45) is 0 Å². The Morgan fingerprint density at radius 2 is 1.58 bits per heavy atom. The Labute approximate surface area is 180 Å². The smallest absolute Gasteiger partial charge is 0.254 e. The third kappa shape index (κ3) is 3.64. The molecule has 150 valence electrons. The first-order chi connectivity index (χ1) is 15.2. The van der Waals surface area contributed by atoms with Gasteiger partial charge in [-0.1, -0.05) is 66.7 Å². The van der Waals surface area contributed by atoms with Gasteiger partial charge < -0.3 is 4.90 Å².